The molecule has 0 spiro atoms. The molecule has 118 valence electrons. The van der Waals surface area contributed by atoms with Crippen molar-refractivity contribution in [3.05, 3.63) is 65.6 Å². The van der Waals surface area contributed by atoms with Crippen LogP contribution in [0.25, 0.3) is 5.65 Å². The van der Waals surface area contributed by atoms with Crippen LogP contribution >= 0.6 is 0 Å². The van der Waals surface area contributed by atoms with Gasteiger partial charge in [0.05, 0.1) is 11.3 Å². The Kier molecular flexibility index (Phi) is 4.15. The van der Waals surface area contributed by atoms with Crippen molar-refractivity contribution in [2.75, 3.05) is 11.4 Å². The molecule has 4 heteroatoms. The van der Waals surface area contributed by atoms with E-state index in [9.17, 15) is 4.79 Å². The fraction of sp³-hybridized carbons (Fsp3) is 0.263. The molecule has 3 rings (SSSR count). The topological polar surface area (TPSA) is 37.6 Å². The summed E-state index contributed by atoms with van der Waals surface area (Å²) in [6, 6.07) is 13.5. The minimum Gasteiger partial charge on any atom is -0.309 e. The van der Waals surface area contributed by atoms with Gasteiger partial charge in [-0.05, 0) is 44.5 Å². The van der Waals surface area contributed by atoms with Crippen LogP contribution in [0.15, 0.2) is 48.7 Å². The lowest BCUT2D eigenvalue weighted by atomic mass is 10.2. The monoisotopic (exact) mass is 307 g/mol. The van der Waals surface area contributed by atoms with Gasteiger partial charge in [-0.15, -0.1) is 0 Å². The number of hydrogen-bond donors (Lipinski definition) is 0. The van der Waals surface area contributed by atoms with Crippen molar-refractivity contribution in [2.24, 2.45) is 0 Å². The van der Waals surface area contributed by atoms with E-state index in [1.54, 1.807) is 4.90 Å². The van der Waals surface area contributed by atoms with Crippen molar-refractivity contribution in [3.63, 3.8) is 0 Å². The van der Waals surface area contributed by atoms with Crippen LogP contribution in [-0.2, 0) is 6.42 Å². The molecule has 0 N–H and O–H groups in total. The number of benzene rings is 1. The van der Waals surface area contributed by atoms with Crippen LogP contribution in [0.5, 0.6) is 0 Å². The quantitative estimate of drug-likeness (QED) is 0.734. The largest absolute Gasteiger partial charge is 0.309 e. The van der Waals surface area contributed by atoms with E-state index in [4.69, 9.17) is 0 Å². The van der Waals surface area contributed by atoms with E-state index in [1.807, 2.05) is 66.9 Å². The average molecular weight is 307 g/mol. The molecule has 0 unspecified atom stereocenters. The number of fused-ring (bicyclic) bond motifs is 1. The number of anilines is 1. The molecular weight excluding hydrogens is 286 g/mol. The van der Waals surface area contributed by atoms with Gasteiger partial charge < -0.3 is 9.30 Å². The number of amides is 1. The van der Waals surface area contributed by atoms with Crippen molar-refractivity contribution in [1.82, 2.24) is 9.38 Å². The minimum atomic E-state index is 0.00625. The third kappa shape index (κ3) is 2.72. The number of rotatable bonds is 4. The Balaban J connectivity index is 2.01. The van der Waals surface area contributed by atoms with Crippen LogP contribution in [0.1, 0.15) is 35.6 Å². The average Bonchev–Trinajstić information content (AvgIpc) is 2.92. The fourth-order valence-corrected chi connectivity index (χ4v) is 2.88. The molecule has 0 saturated carbocycles. The van der Waals surface area contributed by atoms with Crippen molar-refractivity contribution in [1.29, 1.82) is 0 Å². The Morgan fingerprint density at radius 2 is 1.87 bits per heavy atom. The molecule has 0 aliphatic carbocycles. The molecule has 2 heterocycles. The van der Waals surface area contributed by atoms with Gasteiger partial charge in [-0.3, -0.25) is 4.79 Å². The number of para-hydroxylation sites is 1. The molecule has 0 bridgehead atoms. The van der Waals surface area contributed by atoms with Gasteiger partial charge in [-0.1, -0.05) is 25.1 Å². The molecule has 2 aromatic heterocycles. The number of hydrogen-bond acceptors (Lipinski definition) is 2. The Labute approximate surface area is 136 Å². The summed E-state index contributed by atoms with van der Waals surface area (Å²) in [5, 5.41) is 0. The lowest BCUT2D eigenvalue weighted by molar-refractivity contribution is 0.0988. The SMILES string of the molecule is CCc1nc2ccc(C(=O)N(CC)c3ccccc3)cn2c1C. The second-order valence-electron chi connectivity index (χ2n) is 5.53. The van der Waals surface area contributed by atoms with Gasteiger partial charge in [0.15, 0.2) is 0 Å². The molecule has 0 atom stereocenters. The van der Waals surface area contributed by atoms with Crippen molar-refractivity contribution in [2.45, 2.75) is 27.2 Å². The smallest absolute Gasteiger partial charge is 0.259 e. The lowest BCUT2D eigenvalue weighted by Crippen LogP contribution is -2.30. The molecule has 1 aromatic carbocycles. The van der Waals surface area contributed by atoms with E-state index in [2.05, 4.69) is 11.9 Å². The summed E-state index contributed by atoms with van der Waals surface area (Å²) in [5.41, 5.74) is 4.65. The minimum absolute atomic E-state index is 0.00625. The predicted molar refractivity (Wildman–Crippen MR) is 93.1 cm³/mol. The van der Waals surface area contributed by atoms with Crippen molar-refractivity contribution < 1.29 is 4.79 Å². The zero-order valence-corrected chi connectivity index (χ0v) is 13.8. The molecule has 23 heavy (non-hydrogen) atoms. The molecule has 0 aliphatic rings. The first-order valence-corrected chi connectivity index (χ1v) is 8.00. The van der Waals surface area contributed by atoms with Gasteiger partial charge in [-0.2, -0.15) is 0 Å². The highest BCUT2D eigenvalue weighted by Crippen LogP contribution is 2.19. The summed E-state index contributed by atoms with van der Waals surface area (Å²) in [4.78, 5) is 19.3. The van der Waals surface area contributed by atoms with Gasteiger partial charge >= 0.3 is 0 Å². The third-order valence-corrected chi connectivity index (χ3v) is 4.17. The van der Waals surface area contributed by atoms with Gasteiger partial charge in [0, 0.05) is 24.1 Å². The zero-order chi connectivity index (χ0) is 16.4. The van der Waals surface area contributed by atoms with E-state index in [0.29, 0.717) is 12.1 Å². The summed E-state index contributed by atoms with van der Waals surface area (Å²) in [7, 11) is 0. The molecule has 4 nitrogen and oxygen atoms in total. The van der Waals surface area contributed by atoms with E-state index in [0.717, 1.165) is 29.1 Å². The highest BCUT2D eigenvalue weighted by atomic mass is 16.2. The number of aryl methyl sites for hydroxylation is 2. The number of imidazole rings is 1. The molecule has 0 fully saturated rings. The number of carbonyl (C=O) groups is 1. The van der Waals surface area contributed by atoms with E-state index in [-0.39, 0.29) is 5.91 Å². The molecule has 0 aliphatic heterocycles. The van der Waals surface area contributed by atoms with Crippen molar-refractivity contribution in [3.8, 4) is 0 Å². The molecule has 0 saturated heterocycles. The molecular formula is C19H21N3O. The number of pyridine rings is 1. The standard InChI is InChI=1S/C19H21N3O/c1-4-17-14(3)22-13-15(11-12-18(22)20-17)19(23)21(5-2)16-9-7-6-8-10-16/h6-13H,4-5H2,1-3H3. The maximum atomic E-state index is 12.9. The first kappa shape index (κ1) is 15.3. The van der Waals surface area contributed by atoms with Crippen LogP contribution in [0, 0.1) is 6.92 Å². The molecule has 1 amide bonds. The first-order chi connectivity index (χ1) is 11.2. The van der Waals surface area contributed by atoms with E-state index in [1.165, 1.54) is 0 Å². The highest BCUT2D eigenvalue weighted by molar-refractivity contribution is 6.06. The molecule has 3 aromatic rings. The lowest BCUT2D eigenvalue weighted by Gasteiger charge is -2.21. The summed E-state index contributed by atoms with van der Waals surface area (Å²) in [5.74, 6) is 0.00625. The number of carbonyl (C=O) groups excluding carboxylic acids is 1. The van der Waals surface area contributed by atoms with Gasteiger partial charge in [0.1, 0.15) is 5.65 Å². The summed E-state index contributed by atoms with van der Waals surface area (Å²) < 4.78 is 2.00. The second kappa shape index (κ2) is 6.24. The third-order valence-electron chi connectivity index (χ3n) is 4.17. The fourth-order valence-electron chi connectivity index (χ4n) is 2.88. The van der Waals surface area contributed by atoms with Gasteiger partial charge in [0.2, 0.25) is 0 Å². The predicted octanol–water partition coefficient (Wildman–Crippen LogP) is 3.87. The second-order valence-corrected chi connectivity index (χ2v) is 5.53. The van der Waals surface area contributed by atoms with Crippen LogP contribution in [0.3, 0.4) is 0 Å². The zero-order valence-electron chi connectivity index (χ0n) is 13.8. The Morgan fingerprint density at radius 3 is 2.52 bits per heavy atom. The van der Waals surface area contributed by atoms with E-state index >= 15 is 0 Å². The van der Waals surface area contributed by atoms with Crippen LogP contribution in [0.4, 0.5) is 5.69 Å². The van der Waals surface area contributed by atoms with Crippen LogP contribution < -0.4 is 4.90 Å². The Morgan fingerprint density at radius 1 is 1.13 bits per heavy atom. The number of aromatic nitrogens is 2. The first-order valence-electron chi connectivity index (χ1n) is 8.00. The Bertz CT molecular complexity index is 836. The molecule has 0 radical (unpaired) electrons. The van der Waals surface area contributed by atoms with Gasteiger partial charge in [0.25, 0.3) is 5.91 Å². The van der Waals surface area contributed by atoms with Gasteiger partial charge in [-0.25, -0.2) is 4.98 Å². The summed E-state index contributed by atoms with van der Waals surface area (Å²) in [6.07, 6.45) is 2.78. The normalized spacial score (nSPS) is 10.9. The number of nitrogens with zero attached hydrogens (tertiary/aromatic N) is 3. The summed E-state index contributed by atoms with van der Waals surface area (Å²) >= 11 is 0. The maximum absolute atomic E-state index is 12.9. The Hall–Kier alpha value is -2.62. The van der Waals surface area contributed by atoms with Crippen molar-refractivity contribution >= 4 is 17.2 Å². The summed E-state index contributed by atoms with van der Waals surface area (Å²) in [6.45, 7) is 6.75. The van der Waals surface area contributed by atoms with E-state index < -0.39 is 0 Å². The highest BCUT2D eigenvalue weighted by Gasteiger charge is 2.17. The van der Waals surface area contributed by atoms with Crippen LogP contribution in [0.2, 0.25) is 0 Å². The maximum Gasteiger partial charge on any atom is 0.259 e. The van der Waals surface area contributed by atoms with Crippen LogP contribution in [-0.4, -0.2) is 21.8 Å².